The third-order valence-electron chi connectivity index (χ3n) is 4.24. The molecule has 0 amide bonds. The molecule has 1 atom stereocenters. The number of aryl methyl sites for hydroxylation is 1. The maximum atomic E-state index is 12.2. The van der Waals surface area contributed by atoms with Crippen molar-refractivity contribution >= 4 is 5.65 Å². The fraction of sp³-hybridized carbons (Fsp3) is 0.500. The second-order valence-corrected chi connectivity index (χ2v) is 5.83. The summed E-state index contributed by atoms with van der Waals surface area (Å²) in [5.74, 6) is 0. The van der Waals surface area contributed by atoms with Gasteiger partial charge in [0.15, 0.2) is 0 Å². The van der Waals surface area contributed by atoms with Crippen LogP contribution in [0.4, 0.5) is 0 Å². The van der Waals surface area contributed by atoms with Crippen molar-refractivity contribution in [2.45, 2.75) is 32.4 Å². The number of likely N-dealkylation sites (tertiary alicyclic amines) is 1. The summed E-state index contributed by atoms with van der Waals surface area (Å²) in [5.41, 5.74) is 2.66. The van der Waals surface area contributed by atoms with E-state index in [0.29, 0.717) is 6.04 Å². The van der Waals surface area contributed by atoms with Gasteiger partial charge in [-0.15, -0.1) is 0 Å². The summed E-state index contributed by atoms with van der Waals surface area (Å²) in [7, 11) is 2.01. The van der Waals surface area contributed by atoms with Gasteiger partial charge in [0.2, 0.25) is 0 Å². The molecule has 3 heterocycles. The number of hydrogen-bond acceptors (Lipinski definition) is 4. The van der Waals surface area contributed by atoms with Gasteiger partial charge < -0.3 is 5.32 Å². The van der Waals surface area contributed by atoms with Gasteiger partial charge in [-0.2, -0.15) is 0 Å². The summed E-state index contributed by atoms with van der Waals surface area (Å²) in [5, 5.41) is 3.34. The molecule has 1 N–H and O–H groups in total. The monoisotopic (exact) mass is 286 g/mol. The Balaban J connectivity index is 1.87. The molecule has 0 radical (unpaired) electrons. The van der Waals surface area contributed by atoms with E-state index in [0.717, 1.165) is 36.5 Å². The third-order valence-corrected chi connectivity index (χ3v) is 4.24. The van der Waals surface area contributed by atoms with Gasteiger partial charge in [-0.25, -0.2) is 4.98 Å². The lowest BCUT2D eigenvalue weighted by Gasteiger charge is -2.32. The molecule has 1 saturated heterocycles. The molecule has 1 fully saturated rings. The number of nitrogens with zero attached hydrogens (tertiary/aromatic N) is 3. The maximum absolute atomic E-state index is 12.2. The Labute approximate surface area is 124 Å². The molecule has 0 aliphatic carbocycles. The minimum atomic E-state index is 0.000811. The molecular weight excluding hydrogens is 264 g/mol. The highest BCUT2D eigenvalue weighted by molar-refractivity contribution is 5.46. The Bertz CT molecular complexity index is 694. The number of likely N-dealkylation sites (N-methyl/N-ethyl adjacent to an activating group) is 1. The van der Waals surface area contributed by atoms with Crippen LogP contribution in [0.1, 0.15) is 24.1 Å². The van der Waals surface area contributed by atoms with E-state index in [2.05, 4.69) is 15.2 Å². The van der Waals surface area contributed by atoms with Crippen LogP contribution in [0.2, 0.25) is 0 Å². The number of nitrogens with one attached hydrogen (secondary N) is 1. The summed E-state index contributed by atoms with van der Waals surface area (Å²) in [4.78, 5) is 19.3. The fourth-order valence-electron chi connectivity index (χ4n) is 3.05. The Morgan fingerprint density at radius 2 is 2.33 bits per heavy atom. The average Bonchev–Trinajstić information content (AvgIpc) is 2.49. The fourth-order valence-corrected chi connectivity index (χ4v) is 3.05. The molecule has 21 heavy (non-hydrogen) atoms. The highest BCUT2D eigenvalue weighted by Crippen LogP contribution is 2.13. The topological polar surface area (TPSA) is 49.6 Å². The molecule has 1 aliphatic heterocycles. The zero-order valence-electron chi connectivity index (χ0n) is 12.7. The SMILES string of the molecule is CNC1CCCN(Cc2cc(=O)n3cccc(C)c3n2)C1. The van der Waals surface area contributed by atoms with Crippen LogP contribution in [-0.2, 0) is 6.54 Å². The molecule has 2 aromatic rings. The van der Waals surface area contributed by atoms with E-state index in [9.17, 15) is 4.79 Å². The maximum Gasteiger partial charge on any atom is 0.258 e. The van der Waals surface area contributed by atoms with Gasteiger partial charge in [-0.3, -0.25) is 14.1 Å². The van der Waals surface area contributed by atoms with Crippen LogP contribution < -0.4 is 10.9 Å². The van der Waals surface area contributed by atoms with Gasteiger partial charge in [0.1, 0.15) is 5.65 Å². The molecular formula is C16H22N4O. The number of aromatic nitrogens is 2. The van der Waals surface area contributed by atoms with E-state index in [-0.39, 0.29) is 5.56 Å². The van der Waals surface area contributed by atoms with E-state index >= 15 is 0 Å². The molecule has 1 aliphatic rings. The Kier molecular flexibility index (Phi) is 4.03. The predicted molar refractivity (Wildman–Crippen MR) is 83.6 cm³/mol. The number of rotatable bonds is 3. The molecule has 1 unspecified atom stereocenters. The Morgan fingerprint density at radius 3 is 3.14 bits per heavy atom. The van der Waals surface area contributed by atoms with Crippen LogP contribution in [0, 0.1) is 6.92 Å². The Morgan fingerprint density at radius 1 is 1.48 bits per heavy atom. The lowest BCUT2D eigenvalue weighted by molar-refractivity contribution is 0.186. The molecule has 0 saturated carbocycles. The van der Waals surface area contributed by atoms with Crippen LogP contribution in [0.25, 0.3) is 5.65 Å². The van der Waals surface area contributed by atoms with Crippen LogP contribution in [0.3, 0.4) is 0 Å². The summed E-state index contributed by atoms with van der Waals surface area (Å²) in [6.07, 6.45) is 4.19. The standard InChI is InChI=1S/C16H22N4O/c1-12-5-3-8-20-15(21)9-14(18-16(12)20)11-19-7-4-6-13(10-19)17-2/h3,5,8-9,13,17H,4,6-7,10-11H2,1-2H3. The van der Waals surface area contributed by atoms with E-state index < -0.39 is 0 Å². The van der Waals surface area contributed by atoms with Crippen molar-refractivity contribution in [3.05, 3.63) is 46.0 Å². The number of fused-ring (bicyclic) bond motifs is 1. The van der Waals surface area contributed by atoms with Crippen molar-refractivity contribution in [3.8, 4) is 0 Å². The van der Waals surface area contributed by atoms with Crippen molar-refractivity contribution in [1.82, 2.24) is 19.6 Å². The van der Waals surface area contributed by atoms with Gasteiger partial charge in [-0.05, 0) is 45.0 Å². The molecule has 5 heteroatoms. The van der Waals surface area contributed by atoms with Crippen molar-refractivity contribution < 1.29 is 0 Å². The highest BCUT2D eigenvalue weighted by atomic mass is 16.1. The summed E-state index contributed by atoms with van der Waals surface area (Å²) in [6.45, 7) is 4.83. The smallest absolute Gasteiger partial charge is 0.258 e. The van der Waals surface area contributed by atoms with Gasteiger partial charge in [0.25, 0.3) is 5.56 Å². The van der Waals surface area contributed by atoms with Crippen molar-refractivity contribution in [2.24, 2.45) is 0 Å². The number of piperidine rings is 1. The third kappa shape index (κ3) is 2.99. The Hall–Kier alpha value is -1.72. The van der Waals surface area contributed by atoms with E-state index in [1.165, 1.54) is 12.8 Å². The van der Waals surface area contributed by atoms with Gasteiger partial charge >= 0.3 is 0 Å². The zero-order valence-corrected chi connectivity index (χ0v) is 12.7. The lowest BCUT2D eigenvalue weighted by atomic mass is 10.1. The summed E-state index contributed by atoms with van der Waals surface area (Å²) in [6, 6.07) is 6.08. The van der Waals surface area contributed by atoms with E-state index in [1.54, 1.807) is 16.7 Å². The lowest BCUT2D eigenvalue weighted by Crippen LogP contribution is -2.44. The first-order valence-corrected chi connectivity index (χ1v) is 7.55. The first-order chi connectivity index (χ1) is 10.2. The average molecular weight is 286 g/mol. The molecule has 5 nitrogen and oxygen atoms in total. The van der Waals surface area contributed by atoms with E-state index in [1.807, 2.05) is 26.1 Å². The van der Waals surface area contributed by atoms with Crippen LogP contribution in [0.15, 0.2) is 29.2 Å². The number of pyridine rings is 1. The normalized spacial score (nSPS) is 20.0. The number of hydrogen-bond donors (Lipinski definition) is 1. The summed E-state index contributed by atoms with van der Waals surface area (Å²) >= 11 is 0. The van der Waals surface area contributed by atoms with E-state index in [4.69, 9.17) is 0 Å². The first-order valence-electron chi connectivity index (χ1n) is 7.55. The second-order valence-electron chi connectivity index (χ2n) is 5.83. The van der Waals surface area contributed by atoms with Crippen molar-refractivity contribution in [1.29, 1.82) is 0 Å². The van der Waals surface area contributed by atoms with Gasteiger partial charge in [-0.1, -0.05) is 6.07 Å². The first kappa shape index (κ1) is 14.2. The van der Waals surface area contributed by atoms with Gasteiger partial charge in [0.05, 0.1) is 5.69 Å². The second kappa shape index (κ2) is 5.95. The minimum absolute atomic E-state index is 0.000811. The van der Waals surface area contributed by atoms with Gasteiger partial charge in [0, 0.05) is 31.4 Å². The van der Waals surface area contributed by atoms with Crippen LogP contribution in [-0.4, -0.2) is 40.5 Å². The minimum Gasteiger partial charge on any atom is -0.316 e. The largest absolute Gasteiger partial charge is 0.316 e. The molecule has 112 valence electrons. The highest BCUT2D eigenvalue weighted by Gasteiger charge is 2.19. The molecule has 0 aromatic carbocycles. The molecule has 0 spiro atoms. The predicted octanol–water partition coefficient (Wildman–Crippen LogP) is 1.19. The quantitative estimate of drug-likeness (QED) is 0.921. The van der Waals surface area contributed by atoms with Crippen molar-refractivity contribution in [3.63, 3.8) is 0 Å². The molecule has 3 rings (SSSR count). The molecule has 0 bridgehead atoms. The van der Waals surface area contributed by atoms with Crippen molar-refractivity contribution in [2.75, 3.05) is 20.1 Å². The van der Waals surface area contributed by atoms with Crippen LogP contribution in [0.5, 0.6) is 0 Å². The van der Waals surface area contributed by atoms with Crippen LogP contribution >= 0.6 is 0 Å². The zero-order chi connectivity index (χ0) is 14.8. The summed E-state index contributed by atoms with van der Waals surface area (Å²) < 4.78 is 1.62. The molecule has 2 aromatic heterocycles.